The normalized spacial score (nSPS) is 16.7. The Kier molecular flexibility index (Phi) is 12.9. The highest BCUT2D eigenvalue weighted by Crippen LogP contribution is 2.43. The molecule has 2 fully saturated rings. The molecule has 6 heterocycles. The van der Waals surface area contributed by atoms with Crippen LogP contribution in [0.5, 0.6) is 5.75 Å². The zero-order chi connectivity index (χ0) is 46.1. The molecule has 6 aromatic rings. The Morgan fingerprint density at radius 3 is 2.50 bits per heavy atom. The summed E-state index contributed by atoms with van der Waals surface area (Å²) in [6, 6.07) is 13.1. The summed E-state index contributed by atoms with van der Waals surface area (Å²) >= 11 is 3.60. The quantitative estimate of drug-likeness (QED) is 0.0565. The standard InChI is InChI=1S/C47H52BrN12O5P/c1-57-27-30(25-52-57)32-23-37(54-47-51-26-34(48)44(56-47)53-36-13-12-35-42(50-17-16-49-35)43(36)66(3,4)64)40(65-2)24-39(32)59-21-19-58(20-22-59)18-7-5-6-9-29-10-8-11-31-33(29)28-60(46(31)63)38-14-15-41(61)55-45(38)62/h8,10-13,16-17,23-27,38H,5-7,9,14-15,18-22,28H2,1-4H3,(H,55,61,62)(H2,51,53,54,56). The Balaban J connectivity index is 0.843. The van der Waals surface area contributed by atoms with E-state index < -0.39 is 13.2 Å². The number of hydrogen-bond acceptors (Lipinski definition) is 14. The number of piperazine rings is 1. The maximum atomic E-state index is 13.6. The molecular weight excluding hydrogens is 923 g/mol. The maximum absolute atomic E-state index is 13.6. The minimum Gasteiger partial charge on any atom is -0.494 e. The molecule has 3 aliphatic heterocycles. The Labute approximate surface area is 391 Å². The lowest BCUT2D eigenvalue weighted by Crippen LogP contribution is -2.52. The Morgan fingerprint density at radius 1 is 0.924 bits per heavy atom. The van der Waals surface area contributed by atoms with Crippen molar-refractivity contribution in [1.29, 1.82) is 0 Å². The van der Waals surface area contributed by atoms with Crippen LogP contribution in [0.1, 0.15) is 53.6 Å². The van der Waals surface area contributed by atoms with Gasteiger partial charge in [-0.15, -0.1) is 0 Å². The molecule has 66 heavy (non-hydrogen) atoms. The van der Waals surface area contributed by atoms with E-state index in [0.717, 1.165) is 86.3 Å². The van der Waals surface area contributed by atoms with E-state index in [-0.39, 0.29) is 24.1 Å². The highest BCUT2D eigenvalue weighted by molar-refractivity contribution is 9.10. The van der Waals surface area contributed by atoms with Crippen LogP contribution in [-0.4, -0.2) is 116 Å². The van der Waals surface area contributed by atoms with Crippen molar-refractivity contribution in [2.45, 2.75) is 51.1 Å². The summed E-state index contributed by atoms with van der Waals surface area (Å²) in [5.74, 6) is 0.636. The van der Waals surface area contributed by atoms with Crippen molar-refractivity contribution in [3.63, 3.8) is 0 Å². The minimum absolute atomic E-state index is 0.131. The van der Waals surface area contributed by atoms with Gasteiger partial charge in [0.15, 0.2) is 0 Å². The molecule has 17 nitrogen and oxygen atoms in total. The van der Waals surface area contributed by atoms with E-state index in [1.165, 1.54) is 0 Å². The second-order valence-electron chi connectivity index (χ2n) is 17.3. The SMILES string of the molecule is COc1cc(N2CCN(CCCCCc3cccc4c3CN(C3CCC(=O)NC3=O)C4=O)CC2)c(-c2cnn(C)c2)cc1Nc1ncc(Br)c(Nc2ccc3nccnc3c2P(C)(C)=O)n1. The fourth-order valence-corrected chi connectivity index (χ4v) is 10.9. The molecule has 0 spiro atoms. The molecule has 3 aliphatic rings. The lowest BCUT2D eigenvalue weighted by molar-refractivity contribution is -0.136. The number of anilines is 5. The largest absolute Gasteiger partial charge is 0.494 e. The van der Waals surface area contributed by atoms with E-state index in [0.29, 0.717) is 68.2 Å². The van der Waals surface area contributed by atoms with Crippen molar-refractivity contribution in [1.82, 2.24) is 44.8 Å². The van der Waals surface area contributed by atoms with E-state index in [1.807, 2.05) is 43.7 Å². The van der Waals surface area contributed by atoms with Crippen LogP contribution in [0.2, 0.25) is 0 Å². The number of benzene rings is 3. The smallest absolute Gasteiger partial charge is 0.255 e. The van der Waals surface area contributed by atoms with Gasteiger partial charge in [0, 0.05) is 99.4 Å². The zero-order valence-electron chi connectivity index (χ0n) is 37.4. The summed E-state index contributed by atoms with van der Waals surface area (Å²) in [4.78, 5) is 62.5. The lowest BCUT2D eigenvalue weighted by atomic mass is 9.98. The lowest BCUT2D eigenvalue weighted by Gasteiger charge is -2.37. The number of halogens is 1. The van der Waals surface area contributed by atoms with Crippen molar-refractivity contribution in [2.24, 2.45) is 7.05 Å². The van der Waals surface area contributed by atoms with Crippen LogP contribution in [0.15, 0.2) is 77.9 Å². The third-order valence-electron chi connectivity index (χ3n) is 12.5. The van der Waals surface area contributed by atoms with Crippen molar-refractivity contribution >= 4 is 86.0 Å². The number of nitrogens with zero attached hydrogens (tertiary/aromatic N) is 9. The third-order valence-corrected chi connectivity index (χ3v) is 14.7. The predicted molar refractivity (Wildman–Crippen MR) is 259 cm³/mol. The fraction of sp³-hybridized carbons (Fsp3) is 0.362. The van der Waals surface area contributed by atoms with Gasteiger partial charge in [-0.1, -0.05) is 18.6 Å². The minimum atomic E-state index is -2.81. The molecule has 9 rings (SSSR count). The monoisotopic (exact) mass is 974 g/mol. The summed E-state index contributed by atoms with van der Waals surface area (Å²) in [5.41, 5.74) is 8.38. The number of unbranched alkanes of at least 4 members (excludes halogenated alkanes) is 2. The number of methoxy groups -OCH3 is 1. The van der Waals surface area contributed by atoms with Crippen LogP contribution in [-0.2, 0) is 34.2 Å². The van der Waals surface area contributed by atoms with Gasteiger partial charge in [-0.25, -0.2) is 4.98 Å². The summed E-state index contributed by atoms with van der Waals surface area (Å²) in [6.45, 7) is 8.35. The summed E-state index contributed by atoms with van der Waals surface area (Å²) in [5, 5.41) is 14.3. The first kappa shape index (κ1) is 44.9. The second kappa shape index (κ2) is 18.9. The van der Waals surface area contributed by atoms with Gasteiger partial charge in [0.05, 0.1) is 40.0 Å². The summed E-state index contributed by atoms with van der Waals surface area (Å²) in [6.07, 6.45) is 13.4. The second-order valence-corrected chi connectivity index (χ2v) is 21.3. The number of imide groups is 1. The van der Waals surface area contributed by atoms with E-state index in [2.05, 4.69) is 79.9 Å². The molecule has 0 bridgehead atoms. The molecule has 2 saturated heterocycles. The third kappa shape index (κ3) is 9.40. The van der Waals surface area contributed by atoms with Crippen LogP contribution in [0.25, 0.3) is 22.2 Å². The first-order valence-electron chi connectivity index (χ1n) is 22.1. The Hall–Kier alpha value is -6.23. The molecule has 3 aromatic carbocycles. The average molecular weight is 976 g/mol. The van der Waals surface area contributed by atoms with Gasteiger partial charge in [-0.2, -0.15) is 10.1 Å². The van der Waals surface area contributed by atoms with Gasteiger partial charge in [-0.05, 0) is 96.9 Å². The van der Waals surface area contributed by atoms with E-state index in [4.69, 9.17) is 9.72 Å². The van der Waals surface area contributed by atoms with E-state index in [9.17, 15) is 18.9 Å². The predicted octanol–water partition coefficient (Wildman–Crippen LogP) is 6.62. The van der Waals surface area contributed by atoms with Crippen LogP contribution in [0, 0.1) is 0 Å². The highest BCUT2D eigenvalue weighted by Gasteiger charge is 2.39. The molecule has 3 aromatic heterocycles. The molecule has 3 amide bonds. The van der Waals surface area contributed by atoms with E-state index in [1.54, 1.807) is 48.6 Å². The molecule has 1 atom stereocenters. The van der Waals surface area contributed by atoms with Crippen molar-refractivity contribution in [3.05, 3.63) is 94.6 Å². The zero-order valence-corrected chi connectivity index (χ0v) is 39.9. The topological polar surface area (TPSA) is 193 Å². The van der Waals surface area contributed by atoms with Crippen LogP contribution < -0.4 is 30.9 Å². The molecule has 342 valence electrons. The average Bonchev–Trinajstić information content (AvgIpc) is 3.89. The van der Waals surface area contributed by atoms with Crippen molar-refractivity contribution < 1.29 is 23.7 Å². The van der Waals surface area contributed by atoms with Crippen LogP contribution in [0.3, 0.4) is 0 Å². The molecule has 3 N–H and O–H groups in total. The molecule has 0 radical (unpaired) electrons. The van der Waals surface area contributed by atoms with Gasteiger partial charge in [0.1, 0.15) is 30.3 Å². The van der Waals surface area contributed by atoms with Gasteiger partial charge in [0.25, 0.3) is 5.91 Å². The number of carbonyl (C=O) groups is 3. The number of aromatic nitrogens is 6. The first-order valence-corrected chi connectivity index (χ1v) is 25.5. The van der Waals surface area contributed by atoms with Gasteiger partial charge >= 0.3 is 0 Å². The van der Waals surface area contributed by atoms with Crippen LogP contribution >= 0.6 is 23.1 Å². The number of aryl methyl sites for hydroxylation is 2. The molecule has 0 saturated carbocycles. The number of ether oxygens (including phenoxy) is 1. The van der Waals surface area contributed by atoms with Crippen molar-refractivity contribution in [2.75, 3.05) is 68.7 Å². The number of hydrogen-bond donors (Lipinski definition) is 3. The number of amides is 3. The number of rotatable bonds is 15. The summed E-state index contributed by atoms with van der Waals surface area (Å²) in [7, 11) is 0.754. The molecule has 1 unspecified atom stereocenters. The highest BCUT2D eigenvalue weighted by atomic mass is 79.9. The summed E-state index contributed by atoms with van der Waals surface area (Å²) < 4.78 is 22.0. The number of carbonyl (C=O) groups excluding carboxylic acids is 3. The molecular formula is C47H52BrN12O5P. The number of fused-ring (bicyclic) bond motifs is 2. The maximum Gasteiger partial charge on any atom is 0.255 e. The Morgan fingerprint density at radius 2 is 1.74 bits per heavy atom. The van der Waals surface area contributed by atoms with Crippen molar-refractivity contribution in [3.8, 4) is 16.9 Å². The van der Waals surface area contributed by atoms with Gasteiger partial charge in [0.2, 0.25) is 17.8 Å². The first-order chi connectivity index (χ1) is 31.8. The molecule has 19 heteroatoms. The number of piperidine rings is 1. The van der Waals surface area contributed by atoms with Gasteiger partial charge < -0.3 is 29.7 Å². The van der Waals surface area contributed by atoms with Gasteiger partial charge in [-0.3, -0.25) is 39.3 Å². The molecule has 0 aliphatic carbocycles. The van der Waals surface area contributed by atoms with Crippen LogP contribution in [0.4, 0.5) is 28.8 Å². The number of nitrogens with one attached hydrogen (secondary N) is 3. The Bertz CT molecular complexity index is 2900. The van der Waals surface area contributed by atoms with E-state index >= 15 is 0 Å². The fourth-order valence-electron chi connectivity index (χ4n) is 9.24.